The van der Waals surface area contributed by atoms with Crippen molar-refractivity contribution in [2.75, 3.05) is 12.3 Å². The van der Waals surface area contributed by atoms with Crippen LogP contribution in [0.3, 0.4) is 0 Å². The van der Waals surface area contributed by atoms with E-state index in [4.69, 9.17) is 19.9 Å². The van der Waals surface area contributed by atoms with Gasteiger partial charge in [0.05, 0.1) is 0 Å². The van der Waals surface area contributed by atoms with Gasteiger partial charge >= 0.3 is 70.9 Å². The molecule has 1 aliphatic rings. The summed E-state index contributed by atoms with van der Waals surface area (Å²) in [6, 6.07) is 15.3. The maximum absolute atomic E-state index is 12.4. The Morgan fingerprint density at radius 3 is 2.42 bits per heavy atom. The number of hydrogen-bond donors (Lipinski definition) is 4. The molecule has 4 rings (SSSR count). The number of nitrogens with zero attached hydrogens (tertiary/aromatic N) is 2. The third-order valence-electron chi connectivity index (χ3n) is 5.54. The summed E-state index contributed by atoms with van der Waals surface area (Å²) >= 11 is 0. The van der Waals surface area contributed by atoms with Gasteiger partial charge in [0.2, 0.25) is 0 Å². The first-order chi connectivity index (χ1) is 18.0. The average molecular weight is 592 g/mol. The van der Waals surface area contributed by atoms with Crippen LogP contribution < -0.4 is 90.4 Å². The predicted octanol–water partition coefficient (Wildman–Crippen LogP) is -6.42. The van der Waals surface area contributed by atoms with Gasteiger partial charge in [-0.15, -0.1) is 0 Å². The molecule has 3 aromatic rings. The topological polar surface area (TPSA) is 221 Å². The molecule has 1 saturated heterocycles. The standard InChI is InChI=1S/C23H25N4O10P.2Na/c24-17-9-10-27(22(30)26-17)20-19(29)18(28)16(36-20)12-25-23(31)37-21(38(32,33)34)13-5-4-8-15(11-13)35-14-6-2-1-3-7-14;;/h1-11,16,18-21,28-29H,12H2,(H,25,31)(H2,24,26,30)(H2,32,33,34);;/q;2*+1/p-2/t16-,18-,19-,20-,21?;;/m1../s1. The molecule has 1 unspecified atom stereocenters. The maximum Gasteiger partial charge on any atom is 1.00 e. The van der Waals surface area contributed by atoms with Gasteiger partial charge in [-0.2, -0.15) is 4.98 Å². The Morgan fingerprint density at radius 2 is 1.77 bits per heavy atom. The van der Waals surface area contributed by atoms with Gasteiger partial charge in [0.15, 0.2) is 12.1 Å². The number of para-hydroxylation sites is 1. The molecule has 17 heteroatoms. The van der Waals surface area contributed by atoms with Crippen molar-refractivity contribution in [2.24, 2.45) is 0 Å². The minimum absolute atomic E-state index is 0. The summed E-state index contributed by atoms with van der Waals surface area (Å²) in [5, 5.41) is 22.8. The van der Waals surface area contributed by atoms with Crippen molar-refractivity contribution in [1.82, 2.24) is 14.9 Å². The Labute approximate surface area is 272 Å². The van der Waals surface area contributed by atoms with E-state index in [1.807, 2.05) is 0 Å². The maximum atomic E-state index is 12.4. The van der Waals surface area contributed by atoms with E-state index in [-0.39, 0.29) is 76.2 Å². The number of aliphatic hydroxyl groups is 2. The molecule has 1 aliphatic heterocycles. The van der Waals surface area contributed by atoms with Gasteiger partial charge in [-0.25, -0.2) is 9.59 Å². The summed E-state index contributed by atoms with van der Waals surface area (Å²) in [6.45, 7) is -0.462. The van der Waals surface area contributed by atoms with Crippen LogP contribution in [0.15, 0.2) is 71.7 Å². The van der Waals surface area contributed by atoms with E-state index in [1.54, 1.807) is 30.3 Å². The van der Waals surface area contributed by atoms with Crippen molar-refractivity contribution < 1.29 is 103 Å². The molecule has 2 aromatic carbocycles. The molecule has 5 N–H and O–H groups in total. The van der Waals surface area contributed by atoms with Gasteiger partial charge < -0.3 is 49.8 Å². The third-order valence-corrected chi connectivity index (χ3v) is 6.52. The fraction of sp³-hybridized carbons (Fsp3) is 0.261. The molecule has 0 saturated carbocycles. The number of nitrogen functional groups attached to an aromatic ring is 1. The number of hydrogen-bond acceptors (Lipinski definition) is 12. The van der Waals surface area contributed by atoms with Crippen LogP contribution in [0, 0.1) is 0 Å². The van der Waals surface area contributed by atoms with Crippen LogP contribution >= 0.6 is 7.60 Å². The molecule has 0 aliphatic carbocycles. The Balaban J connectivity index is 0.00000280. The third kappa shape index (κ3) is 8.61. The zero-order valence-electron chi connectivity index (χ0n) is 21.5. The number of carbonyl (C=O) groups is 1. The van der Waals surface area contributed by atoms with Crippen LogP contribution in [0.25, 0.3) is 0 Å². The Hall–Kier alpha value is -1.78. The second-order valence-corrected chi connectivity index (χ2v) is 9.80. The zero-order chi connectivity index (χ0) is 27.4. The summed E-state index contributed by atoms with van der Waals surface area (Å²) in [7, 11) is -5.50. The van der Waals surface area contributed by atoms with Gasteiger partial charge in [0, 0.05) is 18.3 Å². The van der Waals surface area contributed by atoms with Crippen LogP contribution in [-0.2, 0) is 14.0 Å². The summed E-state index contributed by atoms with van der Waals surface area (Å²) in [4.78, 5) is 51.8. The molecule has 1 aromatic heterocycles. The molecule has 14 nitrogen and oxygen atoms in total. The van der Waals surface area contributed by atoms with Gasteiger partial charge in [-0.3, -0.25) is 4.57 Å². The van der Waals surface area contributed by atoms with E-state index in [0.717, 1.165) is 4.57 Å². The first-order valence-electron chi connectivity index (χ1n) is 11.2. The molecule has 0 bridgehead atoms. The molecular formula is C23H23N4Na2O10P. The summed E-state index contributed by atoms with van der Waals surface area (Å²) < 4.78 is 28.9. The monoisotopic (exact) mass is 592 g/mol. The normalized spacial score (nSPS) is 20.9. The van der Waals surface area contributed by atoms with Crippen molar-refractivity contribution in [3.63, 3.8) is 0 Å². The second-order valence-electron chi connectivity index (χ2n) is 8.25. The molecular weight excluding hydrogens is 569 g/mol. The van der Waals surface area contributed by atoms with Crippen LogP contribution in [0.2, 0.25) is 0 Å². The Morgan fingerprint density at radius 1 is 1.10 bits per heavy atom. The first-order valence-corrected chi connectivity index (χ1v) is 12.8. The number of alkyl carbamates (subject to hydrolysis) is 1. The molecule has 1 fully saturated rings. The quantitative estimate of drug-likeness (QED) is 0.142. The van der Waals surface area contributed by atoms with E-state index in [1.165, 1.54) is 36.5 Å². The Kier molecular flexibility index (Phi) is 12.8. The molecule has 0 radical (unpaired) electrons. The summed E-state index contributed by atoms with van der Waals surface area (Å²) in [5.41, 5.74) is 4.46. The number of anilines is 1. The molecule has 1 amide bonds. The number of nitrogens with one attached hydrogen (secondary N) is 1. The number of amides is 1. The summed E-state index contributed by atoms with van der Waals surface area (Å²) in [5.74, 6) is -1.58. The fourth-order valence-corrected chi connectivity index (χ4v) is 4.50. The number of nitrogens with two attached hydrogens (primary N) is 1. The van der Waals surface area contributed by atoms with E-state index < -0.39 is 56.3 Å². The fourth-order valence-electron chi connectivity index (χ4n) is 3.75. The predicted molar refractivity (Wildman–Crippen MR) is 127 cm³/mol. The molecule has 0 spiro atoms. The van der Waals surface area contributed by atoms with Crippen molar-refractivity contribution in [3.05, 3.63) is 82.9 Å². The second kappa shape index (κ2) is 14.9. The largest absolute Gasteiger partial charge is 1.00 e. The average Bonchev–Trinajstić information content (AvgIpc) is 3.14. The van der Waals surface area contributed by atoms with Gasteiger partial charge in [-0.05, 0) is 37.9 Å². The number of aliphatic hydroxyl groups excluding tert-OH is 2. The minimum Gasteiger partial charge on any atom is -0.808 e. The van der Waals surface area contributed by atoms with E-state index >= 15 is 0 Å². The first kappa shape index (κ1) is 34.4. The number of rotatable bonds is 8. The Bertz CT molecular complexity index is 1390. The number of ether oxygens (including phenoxy) is 3. The van der Waals surface area contributed by atoms with Crippen molar-refractivity contribution in [1.29, 1.82) is 0 Å². The number of benzene rings is 2. The SMILES string of the molecule is Nc1ccn([C@@H]2O[C@H](CNC(=O)OC(c3cccc(Oc4ccccc4)c3)P(=O)([O-])[O-])[C@@H](O)[C@H]2O)c(=O)n1.[Na+].[Na+]. The van der Waals surface area contributed by atoms with Crippen molar-refractivity contribution >= 4 is 19.5 Å². The van der Waals surface area contributed by atoms with E-state index in [2.05, 4.69) is 10.3 Å². The van der Waals surface area contributed by atoms with Crippen molar-refractivity contribution in [2.45, 2.75) is 30.4 Å². The number of aromatic nitrogens is 2. The molecule has 40 heavy (non-hydrogen) atoms. The zero-order valence-corrected chi connectivity index (χ0v) is 26.4. The van der Waals surface area contributed by atoms with Crippen LogP contribution in [0.1, 0.15) is 17.6 Å². The summed E-state index contributed by atoms with van der Waals surface area (Å²) in [6.07, 6.45) is -5.76. The van der Waals surface area contributed by atoms with Gasteiger partial charge in [0.1, 0.15) is 35.6 Å². The number of carbonyl (C=O) groups excluding carboxylic acids is 1. The van der Waals surface area contributed by atoms with Crippen LogP contribution in [-0.4, -0.2) is 50.7 Å². The van der Waals surface area contributed by atoms with E-state index in [0.29, 0.717) is 5.75 Å². The van der Waals surface area contributed by atoms with Gasteiger partial charge in [-0.1, -0.05) is 30.3 Å². The molecule has 2 heterocycles. The van der Waals surface area contributed by atoms with Crippen molar-refractivity contribution in [3.8, 4) is 11.5 Å². The van der Waals surface area contributed by atoms with Crippen LogP contribution in [0.4, 0.5) is 10.6 Å². The van der Waals surface area contributed by atoms with Gasteiger partial charge in [0.25, 0.3) is 0 Å². The van der Waals surface area contributed by atoms with Crippen LogP contribution in [0.5, 0.6) is 11.5 Å². The molecule has 5 atom stereocenters. The molecule has 202 valence electrons. The minimum atomic E-state index is -5.50. The van der Waals surface area contributed by atoms with E-state index in [9.17, 15) is 34.2 Å². The smallest absolute Gasteiger partial charge is 0.808 e.